The predicted molar refractivity (Wildman–Crippen MR) is 49.1 cm³/mol. The number of rotatable bonds is 0. The third kappa shape index (κ3) is 661. The zero-order chi connectivity index (χ0) is 13.4. The van der Waals surface area contributed by atoms with Crippen LogP contribution in [0.3, 0.4) is 0 Å². The van der Waals surface area contributed by atoms with Gasteiger partial charge in [0.2, 0.25) is 0 Å². The van der Waals surface area contributed by atoms with E-state index in [0.717, 1.165) is 20.8 Å². The maximum atomic E-state index is 8.89. The molecule has 8 heteroatoms. The molecular formula is C8H12AlNO6. The Morgan fingerprint density at radius 1 is 0.875 bits per heavy atom. The van der Waals surface area contributed by atoms with Crippen molar-refractivity contribution >= 4 is 35.3 Å². The van der Waals surface area contributed by atoms with Crippen LogP contribution in [0, 0.1) is 11.3 Å². The molecule has 88 valence electrons. The minimum atomic E-state index is -1.08. The summed E-state index contributed by atoms with van der Waals surface area (Å²) in [6.07, 6.45) is 0. The Kier molecular flexibility index (Phi) is 53.4. The first-order valence-corrected chi connectivity index (χ1v) is 3.45. The van der Waals surface area contributed by atoms with E-state index in [1.165, 1.54) is 6.92 Å². The summed E-state index contributed by atoms with van der Waals surface area (Å²) in [4.78, 5) is 26.7. The SMILES string of the molecule is CC#N.CC(=O)[O-].CC(=O)[O-].CC(=O)[O-].[Al+3]. The van der Waals surface area contributed by atoms with Gasteiger partial charge in [0, 0.05) is 24.8 Å². The van der Waals surface area contributed by atoms with Crippen LogP contribution in [-0.4, -0.2) is 35.3 Å². The maximum absolute atomic E-state index is 8.89. The van der Waals surface area contributed by atoms with Gasteiger partial charge in [0.1, 0.15) is 0 Å². The molecule has 0 radical (unpaired) electrons. The first-order chi connectivity index (χ1) is 6.61. The third-order valence-electron chi connectivity index (χ3n) is 0. The van der Waals surface area contributed by atoms with E-state index in [1.54, 1.807) is 6.07 Å². The second-order valence-electron chi connectivity index (χ2n) is 1.70. The van der Waals surface area contributed by atoms with Gasteiger partial charge in [-0.05, 0) is 20.8 Å². The van der Waals surface area contributed by atoms with Crippen LogP contribution in [0.5, 0.6) is 0 Å². The zero-order valence-corrected chi connectivity index (χ0v) is 10.6. The molecule has 0 rings (SSSR count). The van der Waals surface area contributed by atoms with E-state index in [2.05, 4.69) is 0 Å². The Balaban J connectivity index is -0.0000000331. The number of nitriles is 1. The van der Waals surface area contributed by atoms with Gasteiger partial charge >= 0.3 is 17.4 Å². The van der Waals surface area contributed by atoms with Gasteiger partial charge in [0.05, 0.1) is 6.07 Å². The van der Waals surface area contributed by atoms with E-state index in [4.69, 9.17) is 35.0 Å². The van der Waals surface area contributed by atoms with Crippen LogP contribution < -0.4 is 15.3 Å². The summed E-state index contributed by atoms with van der Waals surface area (Å²) in [6.45, 7) is 4.35. The van der Waals surface area contributed by atoms with E-state index in [9.17, 15) is 0 Å². The number of aliphatic carboxylic acids is 3. The van der Waals surface area contributed by atoms with Crippen LogP contribution in [0.25, 0.3) is 0 Å². The predicted octanol–water partition coefficient (Wildman–Crippen LogP) is -3.58. The second kappa shape index (κ2) is 29.2. The van der Waals surface area contributed by atoms with Crippen molar-refractivity contribution < 1.29 is 29.7 Å². The average molecular weight is 245 g/mol. The largest absolute Gasteiger partial charge is 3.00 e. The number of carboxylic acids is 3. The molecule has 0 fully saturated rings. The van der Waals surface area contributed by atoms with Crippen molar-refractivity contribution in [3.63, 3.8) is 0 Å². The Hall–Kier alpha value is -1.57. The third-order valence-corrected chi connectivity index (χ3v) is 0. The second-order valence-corrected chi connectivity index (χ2v) is 1.70. The fraction of sp³-hybridized carbons (Fsp3) is 0.500. The quantitative estimate of drug-likeness (QED) is 0.401. The summed E-state index contributed by atoms with van der Waals surface area (Å²) in [5, 5.41) is 34.0. The van der Waals surface area contributed by atoms with Crippen molar-refractivity contribution in [2.45, 2.75) is 27.7 Å². The molecule has 0 saturated heterocycles. The molecule has 0 bridgehead atoms. The number of carbonyl (C=O) groups is 3. The molecule has 0 amide bonds. The molecule has 0 aliphatic carbocycles. The molecule has 0 saturated carbocycles. The molecule has 0 spiro atoms. The number of carbonyl (C=O) groups excluding carboxylic acids is 3. The van der Waals surface area contributed by atoms with Crippen LogP contribution in [-0.2, 0) is 14.4 Å². The van der Waals surface area contributed by atoms with Crippen LogP contribution in [0.4, 0.5) is 0 Å². The van der Waals surface area contributed by atoms with Gasteiger partial charge in [0.15, 0.2) is 0 Å². The molecule has 0 aromatic carbocycles. The standard InChI is InChI=1S/C2H3N.3C2H4O2.Al/c1-2-3;3*1-2(3)4;/h1H3;3*1H3,(H,3,4);/q;;;;+3/p-3. The van der Waals surface area contributed by atoms with Crippen molar-refractivity contribution in [3.05, 3.63) is 0 Å². The van der Waals surface area contributed by atoms with Crippen LogP contribution >= 0.6 is 0 Å². The van der Waals surface area contributed by atoms with Gasteiger partial charge in [0.25, 0.3) is 0 Å². The van der Waals surface area contributed by atoms with E-state index in [1.807, 2.05) is 0 Å². The van der Waals surface area contributed by atoms with Gasteiger partial charge < -0.3 is 29.7 Å². The summed E-state index contributed by atoms with van der Waals surface area (Å²) in [5.41, 5.74) is 0. The summed E-state index contributed by atoms with van der Waals surface area (Å²) in [5.74, 6) is -3.25. The summed E-state index contributed by atoms with van der Waals surface area (Å²) in [6, 6.07) is 1.75. The molecular weight excluding hydrogens is 233 g/mol. The van der Waals surface area contributed by atoms with Gasteiger partial charge in [-0.1, -0.05) is 0 Å². The molecule has 0 unspecified atom stereocenters. The van der Waals surface area contributed by atoms with Crippen molar-refractivity contribution in [2.24, 2.45) is 0 Å². The van der Waals surface area contributed by atoms with Crippen LogP contribution in [0.1, 0.15) is 27.7 Å². The Labute approximate surface area is 104 Å². The Morgan fingerprint density at radius 2 is 0.875 bits per heavy atom. The molecule has 0 aliphatic heterocycles. The molecule has 0 aromatic heterocycles. The number of hydrogen-bond donors (Lipinski definition) is 0. The van der Waals surface area contributed by atoms with Gasteiger partial charge in [-0.2, -0.15) is 5.26 Å². The van der Waals surface area contributed by atoms with E-state index in [-0.39, 0.29) is 17.4 Å². The first-order valence-electron chi connectivity index (χ1n) is 3.45. The molecule has 0 heterocycles. The van der Waals surface area contributed by atoms with Crippen molar-refractivity contribution in [1.29, 1.82) is 5.26 Å². The smallest absolute Gasteiger partial charge is 0.550 e. The fourth-order valence-corrected chi connectivity index (χ4v) is 0. The summed E-state index contributed by atoms with van der Waals surface area (Å²) >= 11 is 0. The number of nitrogens with zero attached hydrogens (tertiary/aromatic N) is 1. The zero-order valence-electron chi connectivity index (χ0n) is 9.47. The van der Waals surface area contributed by atoms with E-state index in [0.29, 0.717) is 0 Å². The van der Waals surface area contributed by atoms with E-state index < -0.39 is 17.9 Å². The number of carboxylic acid groups (broad SMARTS) is 3. The molecule has 7 nitrogen and oxygen atoms in total. The van der Waals surface area contributed by atoms with Crippen LogP contribution in [0.15, 0.2) is 0 Å². The fourth-order valence-electron chi connectivity index (χ4n) is 0. The van der Waals surface area contributed by atoms with Gasteiger partial charge in [-0.15, -0.1) is 0 Å². The minimum Gasteiger partial charge on any atom is -0.550 e. The average Bonchev–Trinajstić information content (AvgIpc) is 1.81. The van der Waals surface area contributed by atoms with Crippen molar-refractivity contribution in [3.8, 4) is 6.07 Å². The maximum Gasteiger partial charge on any atom is 3.00 e. The Morgan fingerprint density at radius 3 is 0.875 bits per heavy atom. The monoisotopic (exact) mass is 245 g/mol. The topological polar surface area (TPSA) is 144 Å². The van der Waals surface area contributed by atoms with Crippen molar-refractivity contribution in [1.82, 2.24) is 0 Å². The van der Waals surface area contributed by atoms with Gasteiger partial charge in [-0.25, -0.2) is 0 Å². The summed E-state index contributed by atoms with van der Waals surface area (Å²) < 4.78 is 0. The minimum absolute atomic E-state index is 0. The number of hydrogen-bond acceptors (Lipinski definition) is 7. The van der Waals surface area contributed by atoms with Crippen molar-refractivity contribution in [2.75, 3.05) is 0 Å². The molecule has 0 aromatic rings. The summed E-state index contributed by atoms with van der Waals surface area (Å²) in [7, 11) is 0. The molecule has 0 N–H and O–H groups in total. The van der Waals surface area contributed by atoms with E-state index >= 15 is 0 Å². The normalized spacial score (nSPS) is 5.19. The molecule has 0 atom stereocenters. The molecule has 0 aliphatic rings. The molecule has 16 heavy (non-hydrogen) atoms. The Bertz CT molecular complexity index is 183. The van der Waals surface area contributed by atoms with Gasteiger partial charge in [-0.3, -0.25) is 0 Å². The van der Waals surface area contributed by atoms with Crippen LogP contribution in [0.2, 0.25) is 0 Å². The first kappa shape index (κ1) is 29.3.